The molecule has 0 atom stereocenters. The molecule has 9 aromatic rings. The lowest BCUT2D eigenvalue weighted by molar-refractivity contribution is 0.667. The molecule has 0 amide bonds. The zero-order valence-corrected chi connectivity index (χ0v) is 23.6. The van der Waals surface area contributed by atoms with Crippen molar-refractivity contribution in [1.82, 2.24) is 9.97 Å². The molecule has 44 heavy (non-hydrogen) atoms. The van der Waals surface area contributed by atoms with Gasteiger partial charge in [-0.05, 0) is 47.0 Å². The molecule has 0 bridgehead atoms. The van der Waals surface area contributed by atoms with E-state index in [0.29, 0.717) is 11.4 Å². The topological polar surface area (TPSA) is 52.1 Å². The Bertz CT molecular complexity index is 2480. The van der Waals surface area contributed by atoms with Crippen LogP contribution in [0.2, 0.25) is 0 Å². The smallest absolute Gasteiger partial charge is 0.180 e. The number of nitrogens with zero attached hydrogens (tertiary/aromatic N) is 2. The minimum Gasteiger partial charge on any atom is -0.455 e. The molecule has 0 spiro atoms. The normalized spacial score (nSPS) is 11.6. The van der Waals surface area contributed by atoms with E-state index < -0.39 is 0 Å². The van der Waals surface area contributed by atoms with E-state index in [2.05, 4.69) is 72.8 Å². The van der Waals surface area contributed by atoms with Crippen molar-refractivity contribution >= 4 is 44.0 Å². The molecule has 4 nitrogen and oxygen atoms in total. The van der Waals surface area contributed by atoms with Crippen LogP contribution in [-0.2, 0) is 0 Å². The van der Waals surface area contributed by atoms with Gasteiger partial charge in [0, 0.05) is 32.8 Å². The van der Waals surface area contributed by atoms with E-state index in [4.69, 9.17) is 18.8 Å². The summed E-state index contributed by atoms with van der Waals surface area (Å²) in [5.74, 6) is 0.652. The fourth-order valence-corrected chi connectivity index (χ4v) is 6.25. The molecular formula is C40H24N2O2. The first kappa shape index (κ1) is 24.6. The second kappa shape index (κ2) is 9.79. The molecule has 0 unspecified atom stereocenters. The van der Waals surface area contributed by atoms with Gasteiger partial charge >= 0.3 is 0 Å². The average molecular weight is 565 g/mol. The Kier molecular flexibility index (Phi) is 5.47. The highest BCUT2D eigenvalue weighted by Crippen LogP contribution is 2.44. The second-order valence-electron chi connectivity index (χ2n) is 11.0. The van der Waals surface area contributed by atoms with Crippen LogP contribution in [0.25, 0.3) is 88.9 Å². The Morgan fingerprint density at radius 2 is 1.05 bits per heavy atom. The standard InChI is InChI=1S/C40H24N2O2/c1-4-13-25(14-5-1)28-23-31(26-15-6-2-7-16-26)38-32(24-28)35-30(20-12-22-34(35)44-38)37-39-36(29-19-10-11-21-33(29)43-39)41-40(42-37)27-17-8-3-9-18-27/h1-24H. The van der Waals surface area contributed by atoms with Crippen LogP contribution < -0.4 is 0 Å². The van der Waals surface area contributed by atoms with E-state index in [1.807, 2.05) is 72.8 Å². The quantitative estimate of drug-likeness (QED) is 0.213. The van der Waals surface area contributed by atoms with Gasteiger partial charge in [0.25, 0.3) is 0 Å². The van der Waals surface area contributed by atoms with Gasteiger partial charge in [0.2, 0.25) is 0 Å². The second-order valence-corrected chi connectivity index (χ2v) is 11.0. The number of para-hydroxylation sites is 1. The van der Waals surface area contributed by atoms with Crippen LogP contribution in [-0.4, -0.2) is 9.97 Å². The van der Waals surface area contributed by atoms with Crippen LogP contribution in [0.5, 0.6) is 0 Å². The predicted octanol–water partition coefficient (Wildman–Crippen LogP) is 10.9. The summed E-state index contributed by atoms with van der Waals surface area (Å²) < 4.78 is 13.2. The molecule has 0 aliphatic rings. The van der Waals surface area contributed by atoms with Gasteiger partial charge in [0.05, 0.1) is 0 Å². The Hall–Kier alpha value is -6.00. The first-order valence-electron chi connectivity index (χ1n) is 14.7. The van der Waals surface area contributed by atoms with Crippen molar-refractivity contribution in [1.29, 1.82) is 0 Å². The highest BCUT2D eigenvalue weighted by Gasteiger charge is 2.23. The number of hydrogen-bond acceptors (Lipinski definition) is 4. The maximum Gasteiger partial charge on any atom is 0.180 e. The zero-order chi connectivity index (χ0) is 29.0. The monoisotopic (exact) mass is 564 g/mol. The Labute approximate surface area is 252 Å². The van der Waals surface area contributed by atoms with Gasteiger partial charge in [-0.1, -0.05) is 115 Å². The molecule has 6 aromatic carbocycles. The molecule has 9 rings (SSSR count). The van der Waals surface area contributed by atoms with Crippen LogP contribution in [0, 0.1) is 0 Å². The molecule has 0 fully saturated rings. The summed E-state index contributed by atoms with van der Waals surface area (Å²) in [5.41, 5.74) is 10.9. The van der Waals surface area contributed by atoms with Gasteiger partial charge in [0.1, 0.15) is 28.0 Å². The summed E-state index contributed by atoms with van der Waals surface area (Å²) in [5, 5.41) is 2.99. The van der Waals surface area contributed by atoms with E-state index in [-0.39, 0.29) is 0 Å². The maximum atomic E-state index is 6.70. The number of furan rings is 2. The lowest BCUT2D eigenvalue weighted by Crippen LogP contribution is -1.94. The molecule has 0 saturated heterocycles. The van der Waals surface area contributed by atoms with Crippen molar-refractivity contribution in [2.75, 3.05) is 0 Å². The first-order valence-corrected chi connectivity index (χ1v) is 14.7. The van der Waals surface area contributed by atoms with E-state index >= 15 is 0 Å². The number of fused-ring (bicyclic) bond motifs is 6. The molecule has 0 radical (unpaired) electrons. The van der Waals surface area contributed by atoms with Gasteiger partial charge in [-0.3, -0.25) is 0 Å². The van der Waals surface area contributed by atoms with Crippen molar-refractivity contribution in [2.45, 2.75) is 0 Å². The Balaban J connectivity index is 1.41. The molecule has 0 aliphatic carbocycles. The summed E-state index contributed by atoms with van der Waals surface area (Å²) in [6.07, 6.45) is 0. The van der Waals surface area contributed by atoms with Crippen LogP contribution >= 0.6 is 0 Å². The van der Waals surface area contributed by atoms with Gasteiger partial charge in [-0.15, -0.1) is 0 Å². The third-order valence-electron chi connectivity index (χ3n) is 8.30. The van der Waals surface area contributed by atoms with E-state index in [9.17, 15) is 0 Å². The van der Waals surface area contributed by atoms with Crippen LogP contribution in [0.1, 0.15) is 0 Å². The lowest BCUT2D eigenvalue weighted by Gasteiger charge is -2.09. The van der Waals surface area contributed by atoms with Crippen molar-refractivity contribution in [3.63, 3.8) is 0 Å². The third-order valence-corrected chi connectivity index (χ3v) is 8.30. The number of hydrogen-bond donors (Lipinski definition) is 0. The number of aromatic nitrogens is 2. The number of rotatable bonds is 4. The summed E-state index contributed by atoms with van der Waals surface area (Å²) in [7, 11) is 0. The highest BCUT2D eigenvalue weighted by molar-refractivity contribution is 6.18. The van der Waals surface area contributed by atoms with E-state index in [0.717, 1.165) is 77.5 Å². The largest absolute Gasteiger partial charge is 0.455 e. The molecule has 3 aromatic heterocycles. The van der Waals surface area contributed by atoms with Gasteiger partial charge in [-0.2, -0.15) is 0 Å². The van der Waals surface area contributed by atoms with Crippen molar-refractivity contribution in [3.8, 4) is 44.9 Å². The molecule has 0 aliphatic heterocycles. The lowest BCUT2D eigenvalue weighted by atomic mass is 9.94. The molecular weight excluding hydrogens is 540 g/mol. The Morgan fingerprint density at radius 1 is 0.409 bits per heavy atom. The fraction of sp³-hybridized carbons (Fsp3) is 0. The van der Waals surface area contributed by atoms with Crippen LogP contribution in [0.4, 0.5) is 0 Å². The highest BCUT2D eigenvalue weighted by atomic mass is 16.3. The van der Waals surface area contributed by atoms with Gasteiger partial charge in [-0.25, -0.2) is 9.97 Å². The number of benzene rings is 6. The van der Waals surface area contributed by atoms with Crippen molar-refractivity contribution in [3.05, 3.63) is 146 Å². The summed E-state index contributed by atoms with van der Waals surface area (Å²) >= 11 is 0. The van der Waals surface area contributed by atoms with Gasteiger partial charge in [0.15, 0.2) is 11.4 Å². The molecule has 0 N–H and O–H groups in total. The predicted molar refractivity (Wildman–Crippen MR) is 178 cm³/mol. The van der Waals surface area contributed by atoms with E-state index in [1.54, 1.807) is 0 Å². The van der Waals surface area contributed by atoms with E-state index in [1.165, 1.54) is 0 Å². The molecule has 3 heterocycles. The zero-order valence-electron chi connectivity index (χ0n) is 23.6. The minimum atomic E-state index is 0.652. The fourth-order valence-electron chi connectivity index (χ4n) is 6.25. The minimum absolute atomic E-state index is 0.652. The molecule has 206 valence electrons. The SMILES string of the molecule is c1ccc(-c2cc(-c3ccccc3)c3oc4cccc(-c5nc(-c6ccccc6)nc6c5oc5ccccc56)c4c3c2)cc1. The van der Waals surface area contributed by atoms with Crippen LogP contribution in [0.15, 0.2) is 154 Å². The Morgan fingerprint density at radius 3 is 1.82 bits per heavy atom. The summed E-state index contributed by atoms with van der Waals surface area (Å²) in [6, 6.07) is 49.7. The first-order chi connectivity index (χ1) is 21.8. The third kappa shape index (κ3) is 3.85. The maximum absolute atomic E-state index is 6.70. The van der Waals surface area contributed by atoms with Crippen molar-refractivity contribution in [2.24, 2.45) is 0 Å². The molecule has 0 saturated carbocycles. The molecule has 4 heteroatoms. The van der Waals surface area contributed by atoms with Gasteiger partial charge < -0.3 is 8.83 Å². The van der Waals surface area contributed by atoms with Crippen molar-refractivity contribution < 1.29 is 8.83 Å². The summed E-state index contributed by atoms with van der Waals surface area (Å²) in [6.45, 7) is 0. The average Bonchev–Trinajstić information content (AvgIpc) is 3.67. The summed E-state index contributed by atoms with van der Waals surface area (Å²) in [4.78, 5) is 10.2. The van der Waals surface area contributed by atoms with Crippen LogP contribution in [0.3, 0.4) is 0 Å².